The predicted molar refractivity (Wildman–Crippen MR) is 89.7 cm³/mol. The molecule has 0 aliphatic rings. The van der Waals surface area contributed by atoms with E-state index in [1.807, 2.05) is 49.3 Å². The fourth-order valence-electron chi connectivity index (χ4n) is 1.75. The number of aromatic nitrogens is 3. The number of anilines is 3. The normalized spacial score (nSPS) is 10.5. The molecule has 0 aromatic carbocycles. The first-order valence-corrected chi connectivity index (χ1v) is 7.67. The molecule has 6 nitrogen and oxygen atoms in total. The molecule has 7 heteroatoms. The molecule has 0 spiro atoms. The Labute approximate surface area is 129 Å². The molecule has 0 radical (unpaired) electrons. The van der Waals surface area contributed by atoms with Crippen molar-refractivity contribution in [1.29, 1.82) is 0 Å². The second-order valence-corrected chi connectivity index (χ2v) is 6.61. The molecule has 2 aromatic rings. The van der Waals surface area contributed by atoms with Crippen LogP contribution in [0.1, 0.15) is 9.75 Å². The fourth-order valence-corrected chi connectivity index (χ4v) is 2.64. The summed E-state index contributed by atoms with van der Waals surface area (Å²) in [7, 11) is 7.69. The van der Waals surface area contributed by atoms with E-state index in [0.717, 1.165) is 13.0 Å². The van der Waals surface area contributed by atoms with E-state index in [9.17, 15) is 0 Å². The van der Waals surface area contributed by atoms with Gasteiger partial charge in [-0.1, -0.05) is 0 Å². The number of hydrogen-bond acceptors (Lipinski definition) is 7. The lowest BCUT2D eigenvalue weighted by atomic mass is 10.3. The summed E-state index contributed by atoms with van der Waals surface area (Å²) in [6.45, 7) is 2.93. The minimum Gasteiger partial charge on any atom is -0.354 e. The van der Waals surface area contributed by atoms with Crippen molar-refractivity contribution in [1.82, 2.24) is 15.0 Å². The van der Waals surface area contributed by atoms with E-state index >= 15 is 0 Å². The maximum Gasteiger partial charge on any atom is 0.231 e. The summed E-state index contributed by atoms with van der Waals surface area (Å²) in [5.41, 5.74) is 0. The number of rotatable bonds is 6. The first-order chi connectivity index (χ1) is 9.95. The van der Waals surface area contributed by atoms with Crippen LogP contribution in [-0.2, 0) is 6.42 Å². The zero-order valence-electron chi connectivity index (χ0n) is 13.2. The molecular formula is C14H22N6S. The van der Waals surface area contributed by atoms with Crippen LogP contribution in [0.15, 0.2) is 12.1 Å². The third-order valence-electron chi connectivity index (χ3n) is 2.86. The van der Waals surface area contributed by atoms with Crippen LogP contribution in [0.25, 0.3) is 0 Å². The number of nitrogens with one attached hydrogen (secondary N) is 1. The van der Waals surface area contributed by atoms with Gasteiger partial charge < -0.3 is 15.1 Å². The van der Waals surface area contributed by atoms with Crippen LogP contribution >= 0.6 is 11.3 Å². The van der Waals surface area contributed by atoms with Gasteiger partial charge in [0.1, 0.15) is 0 Å². The van der Waals surface area contributed by atoms with E-state index in [0.29, 0.717) is 17.8 Å². The first-order valence-electron chi connectivity index (χ1n) is 6.85. The van der Waals surface area contributed by atoms with Gasteiger partial charge in [0.2, 0.25) is 17.8 Å². The number of aryl methyl sites for hydroxylation is 1. The van der Waals surface area contributed by atoms with Crippen molar-refractivity contribution >= 4 is 29.2 Å². The van der Waals surface area contributed by atoms with Gasteiger partial charge in [0.05, 0.1) is 0 Å². The summed E-state index contributed by atoms with van der Waals surface area (Å²) in [5.74, 6) is 1.93. The molecule has 2 rings (SSSR count). The summed E-state index contributed by atoms with van der Waals surface area (Å²) >= 11 is 1.83. The molecule has 2 aromatic heterocycles. The minimum atomic E-state index is 0.616. The molecule has 0 unspecified atom stereocenters. The van der Waals surface area contributed by atoms with E-state index < -0.39 is 0 Å². The lowest BCUT2D eigenvalue weighted by Crippen LogP contribution is -2.20. The summed E-state index contributed by atoms with van der Waals surface area (Å²) in [4.78, 5) is 19.7. The van der Waals surface area contributed by atoms with E-state index in [1.165, 1.54) is 9.75 Å². The Morgan fingerprint density at radius 2 is 1.62 bits per heavy atom. The Morgan fingerprint density at radius 1 is 1.00 bits per heavy atom. The van der Waals surface area contributed by atoms with E-state index in [1.54, 1.807) is 0 Å². The highest BCUT2D eigenvalue weighted by molar-refractivity contribution is 7.11. The van der Waals surface area contributed by atoms with Gasteiger partial charge in [-0.2, -0.15) is 15.0 Å². The number of nitrogens with zero attached hydrogens (tertiary/aromatic N) is 5. The van der Waals surface area contributed by atoms with Crippen molar-refractivity contribution in [2.75, 3.05) is 49.9 Å². The number of hydrogen-bond donors (Lipinski definition) is 1. The van der Waals surface area contributed by atoms with Crippen molar-refractivity contribution in [2.45, 2.75) is 13.3 Å². The molecule has 21 heavy (non-hydrogen) atoms. The van der Waals surface area contributed by atoms with Gasteiger partial charge in [-0.3, -0.25) is 0 Å². The van der Waals surface area contributed by atoms with Gasteiger partial charge >= 0.3 is 0 Å². The van der Waals surface area contributed by atoms with Crippen molar-refractivity contribution < 1.29 is 0 Å². The lowest BCUT2D eigenvalue weighted by Gasteiger charge is -2.16. The number of thiophene rings is 1. The van der Waals surface area contributed by atoms with Crippen LogP contribution in [0.2, 0.25) is 0 Å². The van der Waals surface area contributed by atoms with Crippen LogP contribution in [-0.4, -0.2) is 49.7 Å². The Hall–Kier alpha value is -1.89. The summed E-state index contributed by atoms with van der Waals surface area (Å²) in [6.07, 6.45) is 0.971. The average Bonchev–Trinajstić information content (AvgIpc) is 2.84. The largest absolute Gasteiger partial charge is 0.354 e. The van der Waals surface area contributed by atoms with Crippen molar-refractivity contribution in [3.63, 3.8) is 0 Å². The second-order valence-electron chi connectivity index (χ2n) is 5.24. The van der Waals surface area contributed by atoms with Gasteiger partial charge in [-0.05, 0) is 25.5 Å². The topological polar surface area (TPSA) is 57.2 Å². The highest BCUT2D eigenvalue weighted by Crippen LogP contribution is 2.16. The van der Waals surface area contributed by atoms with Crippen LogP contribution in [0.4, 0.5) is 17.8 Å². The summed E-state index contributed by atoms with van der Waals surface area (Å²) in [5, 5.41) is 3.28. The van der Waals surface area contributed by atoms with Gasteiger partial charge in [0, 0.05) is 44.5 Å². The smallest absolute Gasteiger partial charge is 0.231 e. The van der Waals surface area contributed by atoms with Crippen LogP contribution in [0.3, 0.4) is 0 Å². The van der Waals surface area contributed by atoms with Crippen LogP contribution in [0.5, 0.6) is 0 Å². The Morgan fingerprint density at radius 3 is 2.10 bits per heavy atom. The van der Waals surface area contributed by atoms with E-state index in [2.05, 4.69) is 39.3 Å². The van der Waals surface area contributed by atoms with Gasteiger partial charge in [0.15, 0.2) is 0 Å². The molecular weight excluding hydrogens is 284 g/mol. The summed E-state index contributed by atoms with van der Waals surface area (Å²) in [6, 6.07) is 4.32. The van der Waals surface area contributed by atoms with Gasteiger partial charge in [0.25, 0.3) is 0 Å². The highest BCUT2D eigenvalue weighted by Gasteiger charge is 2.09. The molecule has 0 aliphatic heterocycles. The monoisotopic (exact) mass is 306 g/mol. The molecule has 0 fully saturated rings. The standard InChI is InChI=1S/C14H22N6S/c1-10-6-7-11(21-10)8-9-15-12-16-13(19(2)3)18-14(17-12)20(4)5/h6-7H,8-9H2,1-5H3,(H,15,16,17,18). The zero-order chi connectivity index (χ0) is 15.4. The van der Waals surface area contributed by atoms with Crippen LogP contribution < -0.4 is 15.1 Å². The fraction of sp³-hybridized carbons (Fsp3) is 0.500. The Balaban J connectivity index is 2.04. The molecule has 1 N–H and O–H groups in total. The third kappa shape index (κ3) is 4.29. The van der Waals surface area contributed by atoms with E-state index in [-0.39, 0.29) is 0 Å². The quantitative estimate of drug-likeness (QED) is 0.881. The second kappa shape index (κ2) is 6.71. The average molecular weight is 306 g/mol. The molecule has 0 bridgehead atoms. The molecule has 114 valence electrons. The summed E-state index contributed by atoms with van der Waals surface area (Å²) < 4.78 is 0. The Kier molecular flexibility index (Phi) is 4.95. The lowest BCUT2D eigenvalue weighted by molar-refractivity contribution is 0.902. The third-order valence-corrected chi connectivity index (χ3v) is 3.92. The molecule has 0 aliphatic carbocycles. The maximum absolute atomic E-state index is 4.42. The van der Waals surface area contributed by atoms with Crippen molar-refractivity contribution in [3.8, 4) is 0 Å². The predicted octanol–water partition coefficient (Wildman–Crippen LogP) is 2.03. The molecule has 2 heterocycles. The highest BCUT2D eigenvalue weighted by atomic mass is 32.1. The maximum atomic E-state index is 4.42. The van der Waals surface area contributed by atoms with Gasteiger partial charge in [-0.25, -0.2) is 0 Å². The molecule has 0 amide bonds. The minimum absolute atomic E-state index is 0.616. The van der Waals surface area contributed by atoms with Crippen molar-refractivity contribution in [2.24, 2.45) is 0 Å². The first kappa shape index (κ1) is 15.5. The molecule has 0 saturated carbocycles. The molecule has 0 atom stereocenters. The molecule has 0 saturated heterocycles. The van der Waals surface area contributed by atoms with Gasteiger partial charge in [-0.15, -0.1) is 11.3 Å². The Bertz CT molecular complexity index is 567. The van der Waals surface area contributed by atoms with Crippen LogP contribution in [0, 0.1) is 6.92 Å². The SMILES string of the molecule is Cc1ccc(CCNc2nc(N(C)C)nc(N(C)C)n2)s1. The zero-order valence-corrected chi connectivity index (χ0v) is 14.0. The van der Waals surface area contributed by atoms with Crippen molar-refractivity contribution in [3.05, 3.63) is 21.9 Å². The van der Waals surface area contributed by atoms with E-state index in [4.69, 9.17) is 0 Å².